The van der Waals surface area contributed by atoms with Gasteiger partial charge in [-0.3, -0.25) is 14.5 Å². The number of para-hydroxylation sites is 1. The highest BCUT2D eigenvalue weighted by Crippen LogP contribution is 2.15. The summed E-state index contributed by atoms with van der Waals surface area (Å²) >= 11 is 0. The molecule has 7 nitrogen and oxygen atoms in total. The summed E-state index contributed by atoms with van der Waals surface area (Å²) in [5, 5.41) is 7.29. The number of amides is 2. The van der Waals surface area contributed by atoms with Gasteiger partial charge in [0, 0.05) is 31.5 Å². The van der Waals surface area contributed by atoms with E-state index in [9.17, 15) is 9.59 Å². The summed E-state index contributed by atoms with van der Waals surface area (Å²) in [4.78, 5) is 25.6. The number of nitrogens with one attached hydrogen (secondary N) is 1. The number of hydrogen-bond acceptors (Lipinski definition) is 4. The molecule has 0 spiro atoms. The fourth-order valence-corrected chi connectivity index (χ4v) is 3.00. The fraction of sp³-hybridized carbons (Fsp3) is 0.353. The molecular formula is C17H21N5O2. The van der Waals surface area contributed by atoms with Gasteiger partial charge in [0.15, 0.2) is 0 Å². The molecule has 1 aromatic heterocycles. The molecule has 0 unspecified atom stereocenters. The molecule has 0 bridgehead atoms. The molecule has 2 amide bonds. The Balaban J connectivity index is 1.64. The molecule has 0 radical (unpaired) electrons. The molecule has 1 saturated heterocycles. The first-order valence-corrected chi connectivity index (χ1v) is 8.04. The van der Waals surface area contributed by atoms with Crippen LogP contribution in [0.2, 0.25) is 0 Å². The van der Waals surface area contributed by atoms with Crippen molar-refractivity contribution in [2.45, 2.75) is 18.9 Å². The van der Waals surface area contributed by atoms with Crippen LogP contribution < -0.4 is 11.1 Å². The van der Waals surface area contributed by atoms with Gasteiger partial charge < -0.3 is 11.1 Å². The third kappa shape index (κ3) is 3.80. The molecule has 2 heterocycles. The predicted octanol–water partition coefficient (Wildman–Crippen LogP) is 0.552. The van der Waals surface area contributed by atoms with E-state index >= 15 is 0 Å². The Morgan fingerprint density at radius 1 is 1.21 bits per heavy atom. The third-order valence-corrected chi connectivity index (χ3v) is 4.20. The molecule has 0 aliphatic carbocycles. The molecule has 3 rings (SSSR count). The Morgan fingerprint density at radius 2 is 1.96 bits per heavy atom. The van der Waals surface area contributed by atoms with Crippen molar-refractivity contribution in [2.75, 3.05) is 19.6 Å². The van der Waals surface area contributed by atoms with Crippen LogP contribution in [0.5, 0.6) is 0 Å². The Bertz CT molecular complexity index is 706. The van der Waals surface area contributed by atoms with E-state index in [0.29, 0.717) is 5.56 Å². The van der Waals surface area contributed by atoms with Gasteiger partial charge in [-0.05, 0) is 31.0 Å². The second kappa shape index (κ2) is 7.27. The highest BCUT2D eigenvalue weighted by atomic mass is 16.2. The van der Waals surface area contributed by atoms with Gasteiger partial charge in [-0.2, -0.15) is 5.10 Å². The second-order valence-corrected chi connectivity index (χ2v) is 5.96. The predicted molar refractivity (Wildman–Crippen MR) is 89.7 cm³/mol. The minimum atomic E-state index is -0.314. The Labute approximate surface area is 140 Å². The average molecular weight is 327 g/mol. The van der Waals surface area contributed by atoms with Gasteiger partial charge in [-0.1, -0.05) is 12.1 Å². The average Bonchev–Trinajstić information content (AvgIpc) is 3.10. The number of benzene rings is 1. The molecule has 1 aromatic carbocycles. The Hall–Kier alpha value is -2.67. The lowest BCUT2D eigenvalue weighted by Gasteiger charge is -2.31. The molecule has 24 heavy (non-hydrogen) atoms. The number of carbonyl (C=O) groups excluding carboxylic acids is 2. The number of nitrogens with zero attached hydrogens (tertiary/aromatic N) is 3. The number of rotatable bonds is 5. The summed E-state index contributed by atoms with van der Waals surface area (Å²) in [6.45, 7) is 1.80. The molecule has 1 fully saturated rings. The van der Waals surface area contributed by atoms with E-state index < -0.39 is 0 Å². The summed E-state index contributed by atoms with van der Waals surface area (Å²) < 4.78 is 1.68. The number of carbonyl (C=O) groups is 2. The Kier molecular flexibility index (Phi) is 4.90. The van der Waals surface area contributed by atoms with Gasteiger partial charge in [0.25, 0.3) is 5.91 Å². The summed E-state index contributed by atoms with van der Waals surface area (Å²) in [7, 11) is 0. The van der Waals surface area contributed by atoms with Crippen molar-refractivity contribution in [3.05, 3.63) is 48.3 Å². The largest absolute Gasteiger partial charge is 0.369 e. The number of likely N-dealkylation sites (tertiary alicyclic amines) is 1. The number of aromatic nitrogens is 2. The molecule has 0 saturated carbocycles. The zero-order chi connectivity index (χ0) is 16.9. The number of hydrogen-bond donors (Lipinski definition) is 2. The van der Waals surface area contributed by atoms with Crippen LogP contribution in [0.1, 0.15) is 23.2 Å². The van der Waals surface area contributed by atoms with Crippen LogP contribution in [0, 0.1) is 0 Å². The maximum absolute atomic E-state index is 12.6. The first kappa shape index (κ1) is 16.2. The lowest BCUT2D eigenvalue weighted by molar-refractivity contribution is -0.119. The van der Waals surface area contributed by atoms with Crippen LogP contribution in [0.4, 0.5) is 0 Å². The van der Waals surface area contributed by atoms with Gasteiger partial charge in [0.1, 0.15) is 0 Å². The standard InChI is InChI=1S/C17H21N5O2/c18-16(23)12-21-10-6-13(7-11-21)20-17(24)14-4-1-2-5-15(14)22-9-3-8-19-22/h1-5,8-9,13H,6-7,10-12H2,(H2,18,23)(H,20,24). The van der Waals surface area contributed by atoms with E-state index in [-0.39, 0.29) is 24.4 Å². The van der Waals surface area contributed by atoms with E-state index in [1.165, 1.54) is 0 Å². The smallest absolute Gasteiger partial charge is 0.253 e. The summed E-state index contributed by atoms with van der Waals surface area (Å²) in [5.41, 5.74) is 6.57. The van der Waals surface area contributed by atoms with Crippen LogP contribution in [-0.4, -0.2) is 52.2 Å². The molecule has 7 heteroatoms. The van der Waals surface area contributed by atoms with E-state index in [4.69, 9.17) is 5.73 Å². The van der Waals surface area contributed by atoms with Crippen LogP contribution in [0.15, 0.2) is 42.7 Å². The van der Waals surface area contributed by atoms with Crippen molar-refractivity contribution in [3.8, 4) is 5.69 Å². The minimum absolute atomic E-state index is 0.102. The highest BCUT2D eigenvalue weighted by molar-refractivity contribution is 5.97. The molecule has 2 aromatic rings. The van der Waals surface area contributed by atoms with Crippen molar-refractivity contribution in [3.63, 3.8) is 0 Å². The van der Waals surface area contributed by atoms with Gasteiger partial charge in [-0.15, -0.1) is 0 Å². The summed E-state index contributed by atoms with van der Waals surface area (Å²) in [6.07, 6.45) is 5.11. The zero-order valence-electron chi connectivity index (χ0n) is 13.4. The zero-order valence-corrected chi connectivity index (χ0v) is 13.4. The van der Waals surface area contributed by atoms with Crippen molar-refractivity contribution in [1.29, 1.82) is 0 Å². The van der Waals surface area contributed by atoms with Crippen LogP contribution in [-0.2, 0) is 4.79 Å². The van der Waals surface area contributed by atoms with Crippen LogP contribution in [0.25, 0.3) is 5.69 Å². The number of piperidine rings is 1. The molecular weight excluding hydrogens is 306 g/mol. The van der Waals surface area contributed by atoms with E-state index in [1.807, 2.05) is 35.4 Å². The molecule has 1 aliphatic heterocycles. The molecule has 0 atom stereocenters. The third-order valence-electron chi connectivity index (χ3n) is 4.20. The lowest BCUT2D eigenvalue weighted by atomic mass is 10.0. The van der Waals surface area contributed by atoms with Gasteiger partial charge in [0.2, 0.25) is 5.91 Å². The first-order chi connectivity index (χ1) is 11.6. The van der Waals surface area contributed by atoms with E-state index in [2.05, 4.69) is 10.4 Å². The summed E-state index contributed by atoms with van der Waals surface area (Å²) in [5.74, 6) is -0.417. The second-order valence-electron chi connectivity index (χ2n) is 5.96. The highest BCUT2D eigenvalue weighted by Gasteiger charge is 2.23. The van der Waals surface area contributed by atoms with Crippen molar-refractivity contribution in [1.82, 2.24) is 20.0 Å². The monoisotopic (exact) mass is 327 g/mol. The van der Waals surface area contributed by atoms with E-state index in [0.717, 1.165) is 31.6 Å². The van der Waals surface area contributed by atoms with Crippen molar-refractivity contribution >= 4 is 11.8 Å². The minimum Gasteiger partial charge on any atom is -0.369 e. The fourth-order valence-electron chi connectivity index (χ4n) is 3.00. The summed E-state index contributed by atoms with van der Waals surface area (Å²) in [6, 6.07) is 9.33. The van der Waals surface area contributed by atoms with Crippen LogP contribution >= 0.6 is 0 Å². The van der Waals surface area contributed by atoms with Gasteiger partial charge in [-0.25, -0.2) is 4.68 Å². The maximum atomic E-state index is 12.6. The van der Waals surface area contributed by atoms with Gasteiger partial charge in [0.05, 0.1) is 17.8 Å². The quantitative estimate of drug-likeness (QED) is 0.839. The molecule has 3 N–H and O–H groups in total. The van der Waals surface area contributed by atoms with E-state index in [1.54, 1.807) is 16.9 Å². The molecule has 126 valence electrons. The Morgan fingerprint density at radius 3 is 2.62 bits per heavy atom. The number of nitrogens with two attached hydrogens (primary N) is 1. The first-order valence-electron chi connectivity index (χ1n) is 8.04. The normalized spacial score (nSPS) is 16.0. The molecule has 1 aliphatic rings. The van der Waals surface area contributed by atoms with Gasteiger partial charge >= 0.3 is 0 Å². The number of primary amides is 1. The van der Waals surface area contributed by atoms with Crippen molar-refractivity contribution < 1.29 is 9.59 Å². The maximum Gasteiger partial charge on any atom is 0.253 e. The van der Waals surface area contributed by atoms with Crippen molar-refractivity contribution in [2.24, 2.45) is 5.73 Å². The topological polar surface area (TPSA) is 93.3 Å². The van der Waals surface area contributed by atoms with Crippen LogP contribution in [0.3, 0.4) is 0 Å². The lowest BCUT2D eigenvalue weighted by Crippen LogP contribution is -2.46. The SMILES string of the molecule is NC(=O)CN1CCC(NC(=O)c2ccccc2-n2cccn2)CC1.